The summed E-state index contributed by atoms with van der Waals surface area (Å²) in [6, 6.07) is 5.67. The monoisotopic (exact) mass is 467 g/mol. The molecular weight excluding hydrogens is 422 g/mol. The third kappa shape index (κ3) is 10.4. The number of carbonyl (C=O) groups is 1. The fourth-order valence-corrected chi connectivity index (χ4v) is 4.21. The van der Waals surface area contributed by atoms with E-state index in [9.17, 15) is 9.00 Å². The van der Waals surface area contributed by atoms with E-state index in [1.54, 1.807) is 0 Å². The van der Waals surface area contributed by atoms with E-state index in [-0.39, 0.29) is 0 Å². The lowest BCUT2D eigenvalue weighted by Crippen LogP contribution is -2.22. The number of aldehydes is 1. The minimum Gasteiger partial charge on any atom is -0.396 e. The van der Waals surface area contributed by atoms with Gasteiger partial charge in [0.1, 0.15) is 11.0 Å². The van der Waals surface area contributed by atoms with Crippen molar-refractivity contribution in [1.29, 1.82) is 0 Å². The standard InChI is InChI=1S/C16H22N2O2S.C7H17NO.C2H6/c1-4-5-6-9-18(3)21(20)13-7-8-15-14(10-13)12(2)16(11-19)17-15;1-7(4-6-9)3-5-8-2;1-2/h7-8,10-11,17H,4-6,9H2,1-3H3;7-9H,3-6H2,1-2H3;1-2H3. The van der Waals surface area contributed by atoms with Crippen LogP contribution >= 0.6 is 0 Å². The molecule has 0 saturated heterocycles. The average molecular weight is 468 g/mol. The van der Waals surface area contributed by atoms with Gasteiger partial charge in [-0.15, -0.1) is 0 Å². The molecule has 0 radical (unpaired) electrons. The molecule has 3 N–H and O–H groups in total. The second kappa shape index (κ2) is 18.0. The van der Waals surface area contributed by atoms with Gasteiger partial charge in [0.15, 0.2) is 6.29 Å². The smallest absolute Gasteiger partial charge is 0.166 e. The Morgan fingerprint density at radius 1 is 1.25 bits per heavy atom. The molecule has 0 spiro atoms. The zero-order valence-electron chi connectivity index (χ0n) is 21.2. The largest absolute Gasteiger partial charge is 0.396 e. The predicted molar refractivity (Wildman–Crippen MR) is 138 cm³/mol. The van der Waals surface area contributed by atoms with Gasteiger partial charge in [-0.3, -0.25) is 4.79 Å². The first-order chi connectivity index (χ1) is 15.4. The van der Waals surface area contributed by atoms with Crippen molar-refractivity contribution in [2.45, 2.75) is 71.6 Å². The van der Waals surface area contributed by atoms with Crippen LogP contribution in [0.25, 0.3) is 10.9 Å². The Morgan fingerprint density at radius 2 is 1.94 bits per heavy atom. The molecule has 184 valence electrons. The van der Waals surface area contributed by atoms with Gasteiger partial charge < -0.3 is 15.4 Å². The number of aliphatic hydroxyl groups excluding tert-OH is 1. The molecule has 32 heavy (non-hydrogen) atoms. The minimum absolute atomic E-state index is 0.324. The van der Waals surface area contributed by atoms with Crippen LogP contribution in [-0.2, 0) is 11.0 Å². The lowest BCUT2D eigenvalue weighted by molar-refractivity contribution is 0.111. The van der Waals surface area contributed by atoms with E-state index in [2.05, 4.69) is 24.1 Å². The zero-order chi connectivity index (χ0) is 24.5. The molecule has 0 amide bonds. The van der Waals surface area contributed by atoms with Crippen molar-refractivity contribution in [2.75, 3.05) is 33.8 Å². The first kappa shape index (κ1) is 30.5. The van der Waals surface area contributed by atoms with Crippen molar-refractivity contribution in [3.63, 3.8) is 0 Å². The van der Waals surface area contributed by atoms with Crippen LogP contribution < -0.4 is 5.32 Å². The number of nitrogens with one attached hydrogen (secondary N) is 2. The van der Waals surface area contributed by atoms with Gasteiger partial charge in [0.25, 0.3) is 0 Å². The van der Waals surface area contributed by atoms with Gasteiger partial charge in [-0.1, -0.05) is 40.5 Å². The molecule has 2 unspecified atom stereocenters. The van der Waals surface area contributed by atoms with Crippen LogP contribution in [0.1, 0.15) is 75.9 Å². The number of unbranched alkanes of at least 4 members (excludes halogenated alkanes) is 2. The van der Waals surface area contributed by atoms with Crippen molar-refractivity contribution in [2.24, 2.45) is 5.92 Å². The van der Waals surface area contributed by atoms with Gasteiger partial charge >= 0.3 is 0 Å². The maximum Gasteiger partial charge on any atom is 0.166 e. The summed E-state index contributed by atoms with van der Waals surface area (Å²) >= 11 is 0. The zero-order valence-corrected chi connectivity index (χ0v) is 22.0. The highest BCUT2D eigenvalue weighted by Gasteiger charge is 2.13. The number of carbonyl (C=O) groups excluding carboxylic acids is 1. The number of hydrogen-bond acceptors (Lipinski definition) is 4. The molecule has 7 heteroatoms. The van der Waals surface area contributed by atoms with Crippen LogP contribution in [0.15, 0.2) is 23.1 Å². The second-order valence-corrected chi connectivity index (χ2v) is 9.40. The number of hydrogen-bond donors (Lipinski definition) is 3. The highest BCUT2D eigenvalue weighted by atomic mass is 32.2. The van der Waals surface area contributed by atoms with Crippen molar-refractivity contribution in [3.05, 3.63) is 29.5 Å². The maximum atomic E-state index is 12.5. The number of aliphatic hydroxyl groups is 1. The molecule has 1 heterocycles. The van der Waals surface area contributed by atoms with E-state index < -0.39 is 11.0 Å². The number of nitrogens with zero attached hydrogens (tertiary/aromatic N) is 1. The summed E-state index contributed by atoms with van der Waals surface area (Å²) in [6.07, 6.45) is 6.28. The van der Waals surface area contributed by atoms with Crippen LogP contribution in [0.4, 0.5) is 0 Å². The van der Waals surface area contributed by atoms with Gasteiger partial charge in [-0.05, 0) is 69.5 Å². The summed E-state index contributed by atoms with van der Waals surface area (Å²) in [5.74, 6) is 0.655. The van der Waals surface area contributed by atoms with Crippen molar-refractivity contribution < 1.29 is 14.1 Å². The number of benzene rings is 1. The quantitative estimate of drug-likeness (QED) is 0.300. The fraction of sp³-hybridized carbons (Fsp3) is 0.640. The van der Waals surface area contributed by atoms with Gasteiger partial charge in [0.2, 0.25) is 0 Å². The Labute approximate surface area is 197 Å². The minimum atomic E-state index is -1.16. The molecule has 0 aliphatic rings. The molecule has 0 bridgehead atoms. The number of aryl methyl sites for hydroxylation is 1. The first-order valence-electron chi connectivity index (χ1n) is 11.8. The number of H-pyrrole nitrogens is 1. The Balaban J connectivity index is 0.000000738. The molecule has 2 atom stereocenters. The molecule has 0 fully saturated rings. The summed E-state index contributed by atoms with van der Waals surface area (Å²) in [4.78, 5) is 14.8. The number of fused-ring (bicyclic) bond motifs is 1. The van der Waals surface area contributed by atoms with Gasteiger partial charge in [-0.2, -0.15) is 0 Å². The van der Waals surface area contributed by atoms with Crippen molar-refractivity contribution in [3.8, 4) is 0 Å². The molecule has 1 aromatic heterocycles. The van der Waals surface area contributed by atoms with Crippen LogP contribution in [0.2, 0.25) is 0 Å². The average Bonchev–Trinajstić information content (AvgIpc) is 3.14. The number of rotatable bonds is 12. The topological polar surface area (TPSA) is 85.4 Å². The molecule has 0 saturated carbocycles. The summed E-state index contributed by atoms with van der Waals surface area (Å²) < 4.78 is 14.4. The van der Waals surface area contributed by atoms with Gasteiger partial charge in [0, 0.05) is 31.1 Å². The number of aromatic amines is 1. The van der Waals surface area contributed by atoms with E-state index in [4.69, 9.17) is 5.11 Å². The van der Waals surface area contributed by atoms with E-state index in [1.807, 2.05) is 57.4 Å². The van der Waals surface area contributed by atoms with Gasteiger partial charge in [-0.25, -0.2) is 8.51 Å². The summed E-state index contributed by atoms with van der Waals surface area (Å²) in [7, 11) is 2.68. The second-order valence-electron chi connectivity index (χ2n) is 7.81. The third-order valence-electron chi connectivity index (χ3n) is 5.26. The van der Waals surface area contributed by atoms with Crippen LogP contribution in [0.3, 0.4) is 0 Å². The lowest BCUT2D eigenvalue weighted by Gasteiger charge is -2.15. The highest BCUT2D eigenvalue weighted by Crippen LogP contribution is 2.24. The summed E-state index contributed by atoms with van der Waals surface area (Å²) in [5, 5.41) is 12.6. The van der Waals surface area contributed by atoms with Crippen LogP contribution in [0.5, 0.6) is 0 Å². The Morgan fingerprint density at radius 3 is 2.50 bits per heavy atom. The van der Waals surface area contributed by atoms with Crippen molar-refractivity contribution in [1.82, 2.24) is 14.6 Å². The van der Waals surface area contributed by atoms with E-state index in [0.717, 1.165) is 72.8 Å². The Bertz CT molecular complexity index is 792. The molecule has 6 nitrogen and oxygen atoms in total. The fourth-order valence-electron chi connectivity index (χ4n) is 3.16. The predicted octanol–water partition coefficient (Wildman–Crippen LogP) is 5.07. The van der Waals surface area contributed by atoms with Crippen molar-refractivity contribution >= 4 is 28.2 Å². The molecular formula is C25H45N3O3S. The van der Waals surface area contributed by atoms with Crippen LogP contribution in [0, 0.1) is 12.8 Å². The summed E-state index contributed by atoms with van der Waals surface area (Å²) in [5.41, 5.74) is 2.40. The molecule has 2 rings (SSSR count). The SMILES string of the molecule is CC.CCCCCN(C)S(=O)c1ccc2[nH]c(C=O)c(C)c2c1.CNCCC(C)CCO. The number of aromatic nitrogens is 1. The summed E-state index contributed by atoms with van der Waals surface area (Å²) in [6.45, 7) is 12.4. The first-order valence-corrected chi connectivity index (χ1v) is 13.0. The third-order valence-corrected chi connectivity index (χ3v) is 6.66. The lowest BCUT2D eigenvalue weighted by atomic mass is 10.1. The maximum absolute atomic E-state index is 12.5. The van der Waals surface area contributed by atoms with E-state index in [1.165, 1.54) is 0 Å². The normalized spacial score (nSPS) is 12.5. The van der Waals surface area contributed by atoms with Gasteiger partial charge in [0.05, 0.1) is 10.6 Å². The van der Waals surface area contributed by atoms with Crippen LogP contribution in [-0.4, -0.2) is 58.7 Å². The molecule has 2 aromatic rings. The highest BCUT2D eigenvalue weighted by molar-refractivity contribution is 7.82. The molecule has 0 aliphatic heterocycles. The molecule has 0 aliphatic carbocycles. The Kier molecular flexibility index (Phi) is 17.1. The van der Waals surface area contributed by atoms with E-state index >= 15 is 0 Å². The van der Waals surface area contributed by atoms with E-state index in [0.29, 0.717) is 18.2 Å². The Hall–Kier alpha value is -1.54. The molecule has 1 aromatic carbocycles.